The zero-order valence-electron chi connectivity index (χ0n) is 11.7. The van der Waals surface area contributed by atoms with E-state index in [4.69, 9.17) is 0 Å². The van der Waals surface area contributed by atoms with Gasteiger partial charge in [0.05, 0.1) is 6.10 Å². The van der Waals surface area contributed by atoms with Crippen LogP contribution in [0.15, 0.2) is 0 Å². The molecule has 3 aliphatic rings. The smallest absolute Gasteiger partial charge is 0.0540 e. The van der Waals surface area contributed by atoms with E-state index in [1.54, 1.807) is 0 Å². The Morgan fingerprint density at radius 3 is 2.06 bits per heavy atom. The first-order valence-corrected chi connectivity index (χ1v) is 7.63. The topological polar surface area (TPSA) is 20.2 Å². The standard InChI is InChI=1S/C16H28O/c1-15(2)12-8-9-16(15,3)14(10-12)11-4-6-13(17)7-5-11/h11-14,17H,4-10H2,1-3H3/t11?,12-,13?,14+,16+/m0/s1. The Hall–Kier alpha value is -0.0400. The van der Waals surface area contributed by atoms with Gasteiger partial charge in [-0.1, -0.05) is 20.8 Å². The summed E-state index contributed by atoms with van der Waals surface area (Å²) in [6, 6.07) is 0. The normalized spacial score (nSPS) is 52.9. The highest BCUT2D eigenvalue weighted by Crippen LogP contribution is 2.70. The molecule has 0 aromatic heterocycles. The molecule has 0 saturated heterocycles. The summed E-state index contributed by atoms with van der Waals surface area (Å²) in [5, 5.41) is 9.67. The molecule has 0 aromatic carbocycles. The number of hydrogen-bond donors (Lipinski definition) is 1. The monoisotopic (exact) mass is 236 g/mol. The second kappa shape index (κ2) is 3.73. The average Bonchev–Trinajstić information content (AvgIpc) is 2.62. The summed E-state index contributed by atoms with van der Waals surface area (Å²) < 4.78 is 0. The fourth-order valence-electron chi connectivity index (χ4n) is 5.48. The molecule has 0 unspecified atom stereocenters. The summed E-state index contributed by atoms with van der Waals surface area (Å²) in [4.78, 5) is 0. The largest absolute Gasteiger partial charge is 0.393 e. The first kappa shape index (κ1) is 12.0. The molecule has 0 radical (unpaired) electrons. The molecule has 0 heterocycles. The molecule has 1 N–H and O–H groups in total. The van der Waals surface area contributed by atoms with Crippen LogP contribution in [0.2, 0.25) is 0 Å². The maximum Gasteiger partial charge on any atom is 0.0540 e. The van der Waals surface area contributed by atoms with Crippen molar-refractivity contribution in [3.05, 3.63) is 0 Å². The SMILES string of the molecule is CC1(C)[C@H]2CC[C@]1(C)[C@@H](C1CCC(O)CC1)C2. The zero-order chi connectivity index (χ0) is 12.3. The minimum atomic E-state index is 0.00524. The molecule has 17 heavy (non-hydrogen) atoms. The molecule has 1 nitrogen and oxygen atoms in total. The molecule has 0 aromatic rings. The Morgan fingerprint density at radius 2 is 1.59 bits per heavy atom. The van der Waals surface area contributed by atoms with Crippen LogP contribution in [0.4, 0.5) is 0 Å². The third-order valence-electron chi connectivity index (χ3n) is 7.17. The molecule has 2 bridgehead atoms. The van der Waals surface area contributed by atoms with Gasteiger partial charge in [-0.2, -0.15) is 0 Å². The van der Waals surface area contributed by atoms with E-state index >= 15 is 0 Å². The Labute approximate surface area is 106 Å². The molecule has 1 heteroatoms. The highest BCUT2D eigenvalue weighted by Gasteiger charge is 2.62. The number of rotatable bonds is 1. The molecule has 3 aliphatic carbocycles. The van der Waals surface area contributed by atoms with Crippen LogP contribution < -0.4 is 0 Å². The van der Waals surface area contributed by atoms with Gasteiger partial charge in [0.2, 0.25) is 0 Å². The predicted molar refractivity (Wildman–Crippen MR) is 70.7 cm³/mol. The lowest BCUT2D eigenvalue weighted by Crippen LogP contribution is -2.37. The Morgan fingerprint density at radius 1 is 0.941 bits per heavy atom. The highest BCUT2D eigenvalue weighted by atomic mass is 16.3. The molecule has 98 valence electrons. The number of hydrogen-bond acceptors (Lipinski definition) is 1. The predicted octanol–water partition coefficient (Wildman–Crippen LogP) is 4.00. The van der Waals surface area contributed by atoms with Crippen LogP contribution in [0.3, 0.4) is 0 Å². The lowest BCUT2D eigenvalue weighted by molar-refractivity contribution is 0.0265. The van der Waals surface area contributed by atoms with Crippen LogP contribution in [0, 0.1) is 28.6 Å². The molecule has 3 atom stereocenters. The van der Waals surface area contributed by atoms with Gasteiger partial charge in [0.15, 0.2) is 0 Å². The lowest BCUT2D eigenvalue weighted by Gasteiger charge is -2.44. The molecule has 0 spiro atoms. The minimum absolute atomic E-state index is 0.00524. The van der Waals surface area contributed by atoms with Gasteiger partial charge >= 0.3 is 0 Å². The van der Waals surface area contributed by atoms with E-state index in [-0.39, 0.29) is 6.10 Å². The van der Waals surface area contributed by atoms with Crippen molar-refractivity contribution < 1.29 is 5.11 Å². The van der Waals surface area contributed by atoms with Crippen molar-refractivity contribution in [2.75, 3.05) is 0 Å². The Bertz CT molecular complexity index is 301. The molecule has 3 rings (SSSR count). The molecule has 0 aliphatic heterocycles. The van der Waals surface area contributed by atoms with Gasteiger partial charge < -0.3 is 5.11 Å². The van der Waals surface area contributed by atoms with Crippen molar-refractivity contribution in [2.24, 2.45) is 28.6 Å². The van der Waals surface area contributed by atoms with Crippen LogP contribution in [-0.2, 0) is 0 Å². The summed E-state index contributed by atoms with van der Waals surface area (Å²) in [5.41, 5.74) is 1.15. The summed E-state index contributed by atoms with van der Waals surface area (Å²) in [7, 11) is 0. The van der Waals surface area contributed by atoms with Gasteiger partial charge in [-0.15, -0.1) is 0 Å². The van der Waals surface area contributed by atoms with Gasteiger partial charge in [-0.25, -0.2) is 0 Å². The van der Waals surface area contributed by atoms with E-state index in [1.165, 1.54) is 32.1 Å². The Kier molecular flexibility index (Phi) is 2.63. The third-order valence-corrected chi connectivity index (χ3v) is 7.17. The Balaban J connectivity index is 1.78. The maximum absolute atomic E-state index is 9.67. The van der Waals surface area contributed by atoms with Crippen LogP contribution in [-0.4, -0.2) is 11.2 Å². The second-order valence-electron chi connectivity index (χ2n) is 7.79. The summed E-state index contributed by atoms with van der Waals surface area (Å²) in [6.07, 6.45) is 9.08. The quantitative estimate of drug-likeness (QED) is 0.729. The van der Waals surface area contributed by atoms with Crippen molar-refractivity contribution in [1.29, 1.82) is 0 Å². The van der Waals surface area contributed by atoms with E-state index in [0.717, 1.165) is 30.6 Å². The van der Waals surface area contributed by atoms with E-state index in [2.05, 4.69) is 20.8 Å². The molecule has 3 saturated carbocycles. The third kappa shape index (κ3) is 1.54. The molecular formula is C16H28O. The average molecular weight is 236 g/mol. The molecular weight excluding hydrogens is 208 g/mol. The first-order chi connectivity index (χ1) is 7.95. The number of aliphatic hydroxyl groups excluding tert-OH is 1. The maximum atomic E-state index is 9.67. The summed E-state index contributed by atoms with van der Waals surface area (Å²) in [5.74, 6) is 2.83. The van der Waals surface area contributed by atoms with E-state index in [9.17, 15) is 5.11 Å². The first-order valence-electron chi connectivity index (χ1n) is 7.63. The van der Waals surface area contributed by atoms with Gasteiger partial charge in [0, 0.05) is 0 Å². The van der Waals surface area contributed by atoms with Crippen LogP contribution >= 0.6 is 0 Å². The fourth-order valence-corrected chi connectivity index (χ4v) is 5.48. The van der Waals surface area contributed by atoms with Crippen molar-refractivity contribution >= 4 is 0 Å². The fraction of sp³-hybridized carbons (Fsp3) is 1.00. The highest BCUT2D eigenvalue weighted by molar-refractivity contribution is 5.11. The van der Waals surface area contributed by atoms with Crippen molar-refractivity contribution in [3.63, 3.8) is 0 Å². The van der Waals surface area contributed by atoms with Crippen molar-refractivity contribution in [1.82, 2.24) is 0 Å². The van der Waals surface area contributed by atoms with Crippen LogP contribution in [0.25, 0.3) is 0 Å². The summed E-state index contributed by atoms with van der Waals surface area (Å²) >= 11 is 0. The van der Waals surface area contributed by atoms with E-state index in [1.807, 2.05) is 0 Å². The zero-order valence-corrected chi connectivity index (χ0v) is 11.7. The second-order valence-corrected chi connectivity index (χ2v) is 7.79. The van der Waals surface area contributed by atoms with Gasteiger partial charge in [-0.05, 0) is 73.5 Å². The van der Waals surface area contributed by atoms with Gasteiger partial charge in [-0.3, -0.25) is 0 Å². The van der Waals surface area contributed by atoms with Gasteiger partial charge in [0.1, 0.15) is 0 Å². The van der Waals surface area contributed by atoms with E-state index in [0.29, 0.717) is 10.8 Å². The van der Waals surface area contributed by atoms with E-state index < -0.39 is 0 Å². The van der Waals surface area contributed by atoms with Crippen LogP contribution in [0.1, 0.15) is 65.7 Å². The molecule has 0 amide bonds. The summed E-state index contributed by atoms with van der Waals surface area (Å²) in [6.45, 7) is 7.60. The van der Waals surface area contributed by atoms with Crippen molar-refractivity contribution in [2.45, 2.75) is 71.8 Å². The van der Waals surface area contributed by atoms with Gasteiger partial charge in [0.25, 0.3) is 0 Å². The minimum Gasteiger partial charge on any atom is -0.393 e. The van der Waals surface area contributed by atoms with Crippen molar-refractivity contribution in [3.8, 4) is 0 Å². The lowest BCUT2D eigenvalue weighted by atomic mass is 9.61. The van der Waals surface area contributed by atoms with Crippen LogP contribution in [0.5, 0.6) is 0 Å². The molecule has 3 fully saturated rings. The number of fused-ring (bicyclic) bond motifs is 2. The number of aliphatic hydroxyl groups is 1.